The van der Waals surface area contributed by atoms with Crippen molar-refractivity contribution in [3.8, 4) is 0 Å². The van der Waals surface area contributed by atoms with E-state index in [9.17, 15) is 4.79 Å². The molecule has 4 nitrogen and oxygen atoms in total. The van der Waals surface area contributed by atoms with Crippen molar-refractivity contribution in [2.75, 3.05) is 13.2 Å². The maximum absolute atomic E-state index is 11.8. The van der Waals surface area contributed by atoms with Crippen LogP contribution in [0, 0.1) is 5.92 Å². The van der Waals surface area contributed by atoms with Gasteiger partial charge in [0.25, 0.3) is 0 Å². The summed E-state index contributed by atoms with van der Waals surface area (Å²) in [6.45, 7) is 8.15. The highest BCUT2D eigenvalue weighted by Crippen LogP contribution is 2.14. The molecule has 0 aliphatic rings. The summed E-state index contributed by atoms with van der Waals surface area (Å²) in [4.78, 5) is 11.8. The van der Waals surface area contributed by atoms with Crippen molar-refractivity contribution in [1.82, 2.24) is 0 Å². The third kappa shape index (κ3) is 8.48. The van der Waals surface area contributed by atoms with Crippen LogP contribution in [0.15, 0.2) is 0 Å². The molecule has 0 aliphatic carbocycles. The van der Waals surface area contributed by atoms with Crippen molar-refractivity contribution in [2.45, 2.75) is 65.6 Å². The lowest BCUT2D eigenvalue weighted by Gasteiger charge is -2.17. The number of carbonyl (C=O) groups is 1. The van der Waals surface area contributed by atoms with Gasteiger partial charge in [0, 0.05) is 0 Å². The first-order valence-electron chi connectivity index (χ1n) is 6.97. The molecular formula is C14H28O4. The molecular weight excluding hydrogens is 232 g/mol. The number of hydrogen-bond donors (Lipinski definition) is 1. The Labute approximate surface area is 111 Å². The smallest absolute Gasteiger partial charge is 0.309 e. The average Bonchev–Trinajstić information content (AvgIpc) is 2.34. The Hall–Kier alpha value is -0.610. The topological polar surface area (TPSA) is 55.8 Å². The normalized spacial score (nSPS) is 16.1. The van der Waals surface area contributed by atoms with Gasteiger partial charge in [-0.2, -0.15) is 0 Å². The summed E-state index contributed by atoms with van der Waals surface area (Å²) in [5.74, 6) is -0.118. The van der Waals surface area contributed by atoms with Crippen molar-refractivity contribution in [2.24, 2.45) is 5.92 Å². The largest absolute Gasteiger partial charge is 0.463 e. The predicted octanol–water partition coefficient (Wildman–Crippen LogP) is 2.53. The molecule has 3 unspecified atom stereocenters. The van der Waals surface area contributed by atoms with E-state index in [1.807, 2.05) is 13.8 Å². The number of aliphatic hydroxyl groups excluding tert-OH is 1. The van der Waals surface area contributed by atoms with Crippen LogP contribution in [0.5, 0.6) is 0 Å². The van der Waals surface area contributed by atoms with Crippen LogP contribution in [0.1, 0.15) is 53.4 Å². The Balaban J connectivity index is 3.84. The number of unbranched alkanes of at least 4 members (excludes halogenated alkanes) is 1. The summed E-state index contributed by atoms with van der Waals surface area (Å²) in [7, 11) is 0. The van der Waals surface area contributed by atoms with Gasteiger partial charge in [0.1, 0.15) is 6.61 Å². The van der Waals surface area contributed by atoms with Gasteiger partial charge in [-0.1, -0.05) is 26.7 Å². The van der Waals surface area contributed by atoms with Crippen LogP contribution in [0.4, 0.5) is 0 Å². The number of ether oxygens (including phenoxy) is 2. The van der Waals surface area contributed by atoms with Gasteiger partial charge in [-0.25, -0.2) is 0 Å². The minimum absolute atomic E-state index is 0.00826. The molecule has 0 aromatic rings. The van der Waals surface area contributed by atoms with Gasteiger partial charge in [0.05, 0.1) is 24.7 Å². The fourth-order valence-corrected chi connectivity index (χ4v) is 1.61. The first-order chi connectivity index (χ1) is 8.51. The van der Waals surface area contributed by atoms with Crippen LogP contribution in [0.3, 0.4) is 0 Å². The Kier molecular flexibility index (Phi) is 9.98. The van der Waals surface area contributed by atoms with Gasteiger partial charge in [-0.3, -0.25) is 4.79 Å². The number of carbonyl (C=O) groups excluding carboxylic acids is 1. The fourth-order valence-electron chi connectivity index (χ4n) is 1.61. The summed E-state index contributed by atoms with van der Waals surface area (Å²) < 4.78 is 10.6. The molecule has 0 spiro atoms. The van der Waals surface area contributed by atoms with Crippen molar-refractivity contribution < 1.29 is 19.4 Å². The third-order valence-corrected chi connectivity index (χ3v) is 2.81. The third-order valence-electron chi connectivity index (χ3n) is 2.81. The molecule has 0 aromatic heterocycles. The Bertz CT molecular complexity index is 216. The highest BCUT2D eigenvalue weighted by Gasteiger charge is 2.18. The quantitative estimate of drug-likeness (QED) is 0.613. The summed E-state index contributed by atoms with van der Waals surface area (Å²) in [5, 5.41) is 9.07. The van der Waals surface area contributed by atoms with Crippen LogP contribution < -0.4 is 0 Å². The molecule has 1 N–H and O–H groups in total. The second kappa shape index (κ2) is 10.3. The molecule has 0 aliphatic heterocycles. The lowest BCUT2D eigenvalue weighted by atomic mass is 10.00. The first-order valence-corrected chi connectivity index (χ1v) is 6.97. The number of aliphatic hydroxyl groups is 1. The van der Waals surface area contributed by atoms with Crippen LogP contribution in [0.2, 0.25) is 0 Å². The molecule has 0 aromatic carbocycles. The summed E-state index contributed by atoms with van der Waals surface area (Å²) in [5.41, 5.74) is 0. The van der Waals surface area contributed by atoms with E-state index in [2.05, 4.69) is 6.92 Å². The van der Waals surface area contributed by atoms with Gasteiger partial charge in [-0.05, 0) is 26.7 Å². The monoisotopic (exact) mass is 260 g/mol. The number of esters is 1. The second-order valence-electron chi connectivity index (χ2n) is 4.87. The maximum atomic E-state index is 11.8. The maximum Gasteiger partial charge on any atom is 0.309 e. The Morgan fingerprint density at radius 2 is 1.89 bits per heavy atom. The molecule has 0 rings (SSSR count). The zero-order valence-corrected chi connectivity index (χ0v) is 12.1. The number of hydrogen-bond acceptors (Lipinski definition) is 4. The SMILES string of the molecule is CCCCC(CC)C(=O)OCC(C)OCC(C)O. The average molecular weight is 260 g/mol. The van der Waals surface area contributed by atoms with E-state index in [1.54, 1.807) is 6.92 Å². The Morgan fingerprint density at radius 1 is 1.22 bits per heavy atom. The van der Waals surface area contributed by atoms with Crippen LogP contribution in [-0.2, 0) is 14.3 Å². The molecule has 0 saturated carbocycles. The summed E-state index contributed by atoms with van der Waals surface area (Å²) in [6.07, 6.45) is 3.21. The van der Waals surface area contributed by atoms with Gasteiger partial charge >= 0.3 is 5.97 Å². The molecule has 4 heteroatoms. The summed E-state index contributed by atoms with van der Waals surface area (Å²) >= 11 is 0. The number of rotatable bonds is 10. The van der Waals surface area contributed by atoms with Crippen LogP contribution >= 0.6 is 0 Å². The van der Waals surface area contributed by atoms with Crippen LogP contribution in [-0.4, -0.2) is 36.5 Å². The van der Waals surface area contributed by atoms with E-state index in [1.165, 1.54) is 0 Å². The summed E-state index contributed by atoms with van der Waals surface area (Å²) in [6, 6.07) is 0. The zero-order valence-electron chi connectivity index (χ0n) is 12.1. The molecule has 0 saturated heterocycles. The molecule has 0 fully saturated rings. The van der Waals surface area contributed by atoms with E-state index in [0.29, 0.717) is 0 Å². The van der Waals surface area contributed by atoms with E-state index in [4.69, 9.17) is 14.6 Å². The standard InChI is InChI=1S/C14H28O4/c1-5-7-8-13(6-2)14(16)18-10-12(4)17-9-11(3)15/h11-13,15H,5-10H2,1-4H3. The molecule has 18 heavy (non-hydrogen) atoms. The highest BCUT2D eigenvalue weighted by atomic mass is 16.6. The minimum Gasteiger partial charge on any atom is -0.463 e. The zero-order chi connectivity index (χ0) is 14.0. The van der Waals surface area contributed by atoms with Crippen molar-refractivity contribution in [3.05, 3.63) is 0 Å². The minimum atomic E-state index is -0.490. The van der Waals surface area contributed by atoms with E-state index in [-0.39, 0.29) is 31.2 Å². The molecule has 0 heterocycles. The second-order valence-corrected chi connectivity index (χ2v) is 4.87. The van der Waals surface area contributed by atoms with Gasteiger partial charge in [0.2, 0.25) is 0 Å². The molecule has 0 amide bonds. The van der Waals surface area contributed by atoms with Crippen molar-refractivity contribution in [1.29, 1.82) is 0 Å². The molecule has 0 bridgehead atoms. The van der Waals surface area contributed by atoms with Crippen molar-refractivity contribution in [3.63, 3.8) is 0 Å². The lowest BCUT2D eigenvalue weighted by molar-refractivity contribution is -0.153. The van der Waals surface area contributed by atoms with E-state index in [0.717, 1.165) is 25.7 Å². The first kappa shape index (κ1) is 17.4. The molecule has 108 valence electrons. The van der Waals surface area contributed by atoms with Gasteiger partial charge < -0.3 is 14.6 Å². The van der Waals surface area contributed by atoms with E-state index < -0.39 is 6.10 Å². The highest BCUT2D eigenvalue weighted by molar-refractivity contribution is 5.72. The van der Waals surface area contributed by atoms with Crippen molar-refractivity contribution >= 4 is 5.97 Å². The van der Waals surface area contributed by atoms with Crippen LogP contribution in [0.25, 0.3) is 0 Å². The molecule has 0 radical (unpaired) electrons. The van der Waals surface area contributed by atoms with Gasteiger partial charge in [0.15, 0.2) is 0 Å². The Morgan fingerprint density at radius 3 is 2.39 bits per heavy atom. The van der Waals surface area contributed by atoms with E-state index >= 15 is 0 Å². The van der Waals surface area contributed by atoms with Gasteiger partial charge in [-0.15, -0.1) is 0 Å². The fraction of sp³-hybridized carbons (Fsp3) is 0.929. The lowest BCUT2D eigenvalue weighted by Crippen LogP contribution is -2.25. The predicted molar refractivity (Wildman–Crippen MR) is 71.4 cm³/mol. The molecule has 3 atom stereocenters.